The van der Waals surface area contributed by atoms with Gasteiger partial charge in [-0.1, -0.05) is 72.8 Å². The zero-order valence-corrected chi connectivity index (χ0v) is 16.7. The van der Waals surface area contributed by atoms with Gasteiger partial charge in [-0.25, -0.2) is 0 Å². The molecule has 0 spiro atoms. The molecular formula is C29H21N. The quantitative estimate of drug-likeness (QED) is 0.282. The Hall–Kier alpha value is -3.71. The Balaban J connectivity index is 1.79. The summed E-state index contributed by atoms with van der Waals surface area (Å²) in [5, 5.41) is 7.75. The fourth-order valence-electron chi connectivity index (χ4n) is 4.77. The van der Waals surface area contributed by atoms with Gasteiger partial charge in [-0.3, -0.25) is 4.98 Å². The maximum Gasteiger partial charge on any atom is 0.0708 e. The molecule has 1 aliphatic rings. The second-order valence-electron chi connectivity index (χ2n) is 7.89. The molecule has 0 aliphatic heterocycles. The lowest BCUT2D eigenvalue weighted by atomic mass is 9.87. The number of benzene rings is 4. The van der Waals surface area contributed by atoms with Crippen LogP contribution in [0.15, 0.2) is 103 Å². The predicted molar refractivity (Wildman–Crippen MR) is 129 cm³/mol. The van der Waals surface area contributed by atoms with Crippen LogP contribution in [0.5, 0.6) is 0 Å². The van der Waals surface area contributed by atoms with Gasteiger partial charge < -0.3 is 0 Å². The van der Waals surface area contributed by atoms with Gasteiger partial charge in [-0.05, 0) is 80.6 Å². The summed E-state index contributed by atoms with van der Waals surface area (Å²) < 4.78 is 0. The van der Waals surface area contributed by atoms with E-state index in [0.717, 1.165) is 18.5 Å². The average Bonchev–Trinajstić information content (AvgIpc) is 2.84. The molecule has 1 heterocycles. The first kappa shape index (κ1) is 17.2. The van der Waals surface area contributed by atoms with E-state index in [4.69, 9.17) is 0 Å². The molecule has 0 amide bonds. The van der Waals surface area contributed by atoms with Gasteiger partial charge in [0.25, 0.3) is 0 Å². The Bertz CT molecular complexity index is 1470. The van der Waals surface area contributed by atoms with Crippen LogP contribution >= 0.6 is 0 Å². The normalized spacial score (nSPS) is 13.8. The number of nitrogens with zero attached hydrogens (tertiary/aromatic N) is 1. The van der Waals surface area contributed by atoms with E-state index in [2.05, 4.69) is 96.0 Å². The van der Waals surface area contributed by atoms with Crippen LogP contribution in [0.25, 0.3) is 49.1 Å². The molecule has 0 saturated carbocycles. The van der Waals surface area contributed by atoms with E-state index in [1.165, 1.54) is 49.0 Å². The van der Waals surface area contributed by atoms with Crippen molar-refractivity contribution in [2.45, 2.75) is 12.8 Å². The zero-order chi connectivity index (χ0) is 19.9. The molecule has 0 saturated heterocycles. The third kappa shape index (κ3) is 2.67. The fraction of sp³-hybridized carbons (Fsp3) is 0.0690. The van der Waals surface area contributed by atoms with Gasteiger partial charge in [0.2, 0.25) is 0 Å². The maximum absolute atomic E-state index is 4.66. The predicted octanol–water partition coefficient (Wildman–Crippen LogP) is 7.94. The Labute approximate surface area is 176 Å². The van der Waals surface area contributed by atoms with Crippen molar-refractivity contribution in [3.8, 4) is 11.3 Å². The number of aromatic nitrogens is 1. The fourth-order valence-corrected chi connectivity index (χ4v) is 4.77. The zero-order valence-electron chi connectivity index (χ0n) is 16.7. The van der Waals surface area contributed by atoms with Crippen LogP contribution in [0, 0.1) is 0 Å². The van der Waals surface area contributed by atoms with E-state index in [-0.39, 0.29) is 0 Å². The lowest BCUT2D eigenvalue weighted by Crippen LogP contribution is -1.92. The second-order valence-corrected chi connectivity index (χ2v) is 7.89. The smallest absolute Gasteiger partial charge is 0.0708 e. The number of fused-ring (bicyclic) bond motifs is 5. The summed E-state index contributed by atoms with van der Waals surface area (Å²) in [5.74, 6) is 0. The summed E-state index contributed by atoms with van der Waals surface area (Å²) in [7, 11) is 0. The molecule has 5 aromatic rings. The molecule has 0 N–H and O–H groups in total. The lowest BCUT2D eigenvalue weighted by molar-refractivity contribution is 1.04. The number of rotatable bonds is 2. The minimum absolute atomic E-state index is 1.02. The van der Waals surface area contributed by atoms with Gasteiger partial charge in [-0.15, -0.1) is 0 Å². The molecule has 1 aliphatic carbocycles. The monoisotopic (exact) mass is 383 g/mol. The van der Waals surface area contributed by atoms with E-state index >= 15 is 0 Å². The average molecular weight is 383 g/mol. The topological polar surface area (TPSA) is 12.9 Å². The van der Waals surface area contributed by atoms with E-state index in [9.17, 15) is 0 Å². The van der Waals surface area contributed by atoms with Crippen LogP contribution < -0.4 is 0 Å². The Morgan fingerprint density at radius 3 is 1.97 bits per heavy atom. The van der Waals surface area contributed by atoms with Crippen LogP contribution in [0.3, 0.4) is 0 Å². The van der Waals surface area contributed by atoms with Crippen molar-refractivity contribution in [3.63, 3.8) is 0 Å². The van der Waals surface area contributed by atoms with E-state index in [1.807, 2.05) is 12.3 Å². The van der Waals surface area contributed by atoms with Gasteiger partial charge in [0.15, 0.2) is 0 Å². The highest BCUT2D eigenvalue weighted by molar-refractivity contribution is 6.24. The van der Waals surface area contributed by atoms with Crippen LogP contribution in [0.1, 0.15) is 18.4 Å². The van der Waals surface area contributed by atoms with E-state index in [0.29, 0.717) is 0 Å². The molecule has 0 fully saturated rings. The van der Waals surface area contributed by atoms with Crippen LogP contribution in [0.4, 0.5) is 0 Å². The summed E-state index contributed by atoms with van der Waals surface area (Å²) in [6, 6.07) is 28.4. The van der Waals surface area contributed by atoms with Gasteiger partial charge in [0.1, 0.15) is 0 Å². The Morgan fingerprint density at radius 2 is 1.30 bits per heavy atom. The molecule has 1 heteroatoms. The minimum atomic E-state index is 1.02. The van der Waals surface area contributed by atoms with Crippen molar-refractivity contribution < 1.29 is 0 Å². The molecule has 4 aromatic carbocycles. The number of allylic oxidation sites excluding steroid dienone is 4. The van der Waals surface area contributed by atoms with E-state index in [1.54, 1.807) is 0 Å². The molecule has 1 nitrogen and oxygen atoms in total. The standard InChI is InChI=1S/C29H21N/c1-2-10-20(11-3-1)26-18-21-19-27(28-16-8-9-17-30-28)23-13-5-7-15-25(23)29(21)24-14-6-4-12-22(24)26/h2,4-19H,1,3H2. The van der Waals surface area contributed by atoms with Crippen molar-refractivity contribution in [1.82, 2.24) is 4.98 Å². The number of hydrogen-bond acceptors (Lipinski definition) is 1. The van der Waals surface area contributed by atoms with Crippen LogP contribution in [0.2, 0.25) is 0 Å². The molecule has 1 aromatic heterocycles. The molecule has 6 rings (SSSR count). The SMILES string of the molecule is C1=CC(c2cc3cc(-c4ccccn4)c4ccccc4c3c3ccccc23)=CCC1. The van der Waals surface area contributed by atoms with E-state index < -0.39 is 0 Å². The molecular weight excluding hydrogens is 362 g/mol. The molecule has 142 valence electrons. The highest BCUT2D eigenvalue weighted by atomic mass is 14.7. The van der Waals surface area contributed by atoms with Crippen molar-refractivity contribution in [3.05, 3.63) is 109 Å². The highest BCUT2D eigenvalue weighted by Gasteiger charge is 2.15. The summed E-state index contributed by atoms with van der Waals surface area (Å²) in [4.78, 5) is 4.66. The minimum Gasteiger partial charge on any atom is -0.256 e. The van der Waals surface area contributed by atoms with Crippen LogP contribution in [-0.4, -0.2) is 4.98 Å². The summed E-state index contributed by atoms with van der Waals surface area (Å²) in [5.41, 5.74) is 4.85. The van der Waals surface area contributed by atoms with Crippen molar-refractivity contribution in [2.24, 2.45) is 0 Å². The lowest BCUT2D eigenvalue weighted by Gasteiger charge is -2.17. The first-order chi connectivity index (χ1) is 14.9. The van der Waals surface area contributed by atoms with Gasteiger partial charge in [-0.2, -0.15) is 0 Å². The second kappa shape index (κ2) is 6.96. The Kier molecular flexibility index (Phi) is 3.99. The van der Waals surface area contributed by atoms with Crippen LogP contribution in [-0.2, 0) is 0 Å². The number of pyridine rings is 1. The van der Waals surface area contributed by atoms with Gasteiger partial charge >= 0.3 is 0 Å². The first-order valence-electron chi connectivity index (χ1n) is 10.6. The molecule has 0 atom stereocenters. The summed E-state index contributed by atoms with van der Waals surface area (Å²) in [6.45, 7) is 0. The van der Waals surface area contributed by atoms with Gasteiger partial charge in [0, 0.05) is 11.8 Å². The first-order valence-corrected chi connectivity index (χ1v) is 10.6. The summed E-state index contributed by atoms with van der Waals surface area (Å²) >= 11 is 0. The number of hydrogen-bond donors (Lipinski definition) is 0. The molecule has 30 heavy (non-hydrogen) atoms. The Morgan fingerprint density at radius 1 is 0.633 bits per heavy atom. The molecule has 0 radical (unpaired) electrons. The largest absolute Gasteiger partial charge is 0.256 e. The third-order valence-corrected chi connectivity index (χ3v) is 6.11. The highest BCUT2D eigenvalue weighted by Crippen LogP contribution is 2.40. The third-order valence-electron chi connectivity index (χ3n) is 6.11. The van der Waals surface area contributed by atoms with Crippen molar-refractivity contribution in [1.29, 1.82) is 0 Å². The summed E-state index contributed by atoms with van der Waals surface area (Å²) in [6.07, 6.45) is 11.0. The maximum atomic E-state index is 4.66. The van der Waals surface area contributed by atoms with Crippen molar-refractivity contribution in [2.75, 3.05) is 0 Å². The molecule has 0 bridgehead atoms. The van der Waals surface area contributed by atoms with Crippen molar-refractivity contribution >= 4 is 37.9 Å². The van der Waals surface area contributed by atoms with Gasteiger partial charge in [0.05, 0.1) is 5.69 Å². The molecule has 0 unspecified atom stereocenters.